The second-order valence-corrected chi connectivity index (χ2v) is 6.73. The smallest absolute Gasteiger partial charge is 0.282 e. The van der Waals surface area contributed by atoms with Crippen LogP contribution < -0.4 is 0 Å². The van der Waals surface area contributed by atoms with Crippen molar-refractivity contribution < 1.29 is 17.2 Å². The van der Waals surface area contributed by atoms with E-state index in [9.17, 15) is 17.2 Å². The molecule has 0 amide bonds. The standard InChI is InChI=1S/C9H11ClF2N2O2S/c10-17(15,16)5-6-8(9(11)12)13-7-3-1-2-4-14(6)7/h9H,1-5H2. The second-order valence-electron chi connectivity index (χ2n) is 3.95. The van der Waals surface area contributed by atoms with Crippen LogP contribution in [0.4, 0.5) is 8.78 Å². The summed E-state index contributed by atoms with van der Waals surface area (Å²) in [6, 6.07) is 0. The lowest BCUT2D eigenvalue weighted by Crippen LogP contribution is -2.14. The maximum absolute atomic E-state index is 12.8. The molecule has 0 N–H and O–H groups in total. The zero-order chi connectivity index (χ0) is 12.6. The van der Waals surface area contributed by atoms with E-state index in [-0.39, 0.29) is 5.69 Å². The van der Waals surface area contributed by atoms with Gasteiger partial charge in [0.05, 0.1) is 5.69 Å². The summed E-state index contributed by atoms with van der Waals surface area (Å²) < 4.78 is 49.2. The molecular formula is C9H11ClF2N2O2S. The average molecular weight is 285 g/mol. The number of aromatic nitrogens is 2. The van der Waals surface area contributed by atoms with Crippen LogP contribution in [-0.4, -0.2) is 18.0 Å². The minimum Gasteiger partial charge on any atom is -0.331 e. The summed E-state index contributed by atoms with van der Waals surface area (Å²) in [5.74, 6) is -0.0665. The summed E-state index contributed by atoms with van der Waals surface area (Å²) in [6.45, 7) is 0.525. The van der Waals surface area contributed by atoms with Crippen LogP contribution in [0, 0.1) is 0 Å². The van der Waals surface area contributed by atoms with Crippen LogP contribution in [-0.2, 0) is 27.8 Å². The Labute approximate surface area is 102 Å². The van der Waals surface area contributed by atoms with Gasteiger partial charge in [-0.3, -0.25) is 0 Å². The number of nitrogens with zero attached hydrogens (tertiary/aromatic N) is 2. The van der Waals surface area contributed by atoms with E-state index in [4.69, 9.17) is 10.7 Å². The van der Waals surface area contributed by atoms with E-state index in [2.05, 4.69) is 4.98 Å². The molecule has 0 aliphatic carbocycles. The Bertz CT molecular complexity index is 527. The van der Waals surface area contributed by atoms with Gasteiger partial charge in [-0.25, -0.2) is 22.2 Å². The van der Waals surface area contributed by atoms with Gasteiger partial charge in [0.2, 0.25) is 9.05 Å². The summed E-state index contributed by atoms with van der Waals surface area (Å²) in [5.41, 5.74) is -0.421. The summed E-state index contributed by atoms with van der Waals surface area (Å²) in [7, 11) is 1.27. The van der Waals surface area contributed by atoms with E-state index in [0.29, 0.717) is 18.8 Å². The fourth-order valence-electron chi connectivity index (χ4n) is 2.06. The summed E-state index contributed by atoms with van der Waals surface area (Å²) in [5, 5.41) is 0. The molecule has 0 atom stereocenters. The molecule has 2 heterocycles. The molecule has 2 rings (SSSR count). The van der Waals surface area contributed by atoms with E-state index < -0.39 is 26.9 Å². The first-order chi connectivity index (χ1) is 7.88. The van der Waals surface area contributed by atoms with Crippen molar-refractivity contribution in [2.45, 2.75) is 38.0 Å². The molecule has 96 valence electrons. The fraction of sp³-hybridized carbons (Fsp3) is 0.667. The average Bonchev–Trinajstić information content (AvgIpc) is 2.55. The zero-order valence-electron chi connectivity index (χ0n) is 8.87. The predicted octanol–water partition coefficient (Wildman–Crippen LogP) is 2.23. The van der Waals surface area contributed by atoms with Crippen LogP contribution in [0.5, 0.6) is 0 Å². The largest absolute Gasteiger partial charge is 0.331 e. The van der Waals surface area contributed by atoms with Crippen LogP contribution in [0.2, 0.25) is 0 Å². The van der Waals surface area contributed by atoms with E-state index in [0.717, 1.165) is 12.8 Å². The fourth-order valence-corrected chi connectivity index (χ4v) is 3.00. The second kappa shape index (κ2) is 4.53. The SMILES string of the molecule is O=S(=O)(Cl)Cc1c(C(F)F)nc2n1CCCC2. The Morgan fingerprint density at radius 3 is 2.71 bits per heavy atom. The van der Waals surface area contributed by atoms with Crippen LogP contribution >= 0.6 is 10.7 Å². The van der Waals surface area contributed by atoms with E-state index in [1.807, 2.05) is 0 Å². The van der Waals surface area contributed by atoms with Gasteiger partial charge in [-0.2, -0.15) is 0 Å². The van der Waals surface area contributed by atoms with Gasteiger partial charge in [0, 0.05) is 23.6 Å². The first-order valence-electron chi connectivity index (χ1n) is 5.17. The van der Waals surface area contributed by atoms with Gasteiger partial charge in [0.25, 0.3) is 6.43 Å². The highest BCUT2D eigenvalue weighted by Crippen LogP contribution is 2.28. The van der Waals surface area contributed by atoms with E-state index in [1.165, 1.54) is 0 Å². The quantitative estimate of drug-likeness (QED) is 0.800. The molecule has 0 saturated heterocycles. The lowest BCUT2D eigenvalue weighted by atomic mass is 10.2. The summed E-state index contributed by atoms with van der Waals surface area (Å²) in [6.07, 6.45) is -0.461. The molecule has 1 aromatic rings. The molecule has 4 nitrogen and oxygen atoms in total. The van der Waals surface area contributed by atoms with Gasteiger partial charge in [-0.15, -0.1) is 0 Å². The van der Waals surface area contributed by atoms with Gasteiger partial charge in [0.1, 0.15) is 17.3 Å². The third-order valence-corrected chi connectivity index (χ3v) is 3.68. The third kappa shape index (κ3) is 2.77. The van der Waals surface area contributed by atoms with Crippen molar-refractivity contribution in [1.82, 2.24) is 9.55 Å². The summed E-state index contributed by atoms with van der Waals surface area (Å²) >= 11 is 0. The molecule has 0 spiro atoms. The lowest BCUT2D eigenvalue weighted by molar-refractivity contribution is 0.145. The Morgan fingerprint density at radius 1 is 1.41 bits per heavy atom. The maximum atomic E-state index is 12.8. The molecule has 1 aliphatic rings. The monoisotopic (exact) mass is 284 g/mol. The molecule has 0 bridgehead atoms. The van der Waals surface area contributed by atoms with Gasteiger partial charge in [-0.1, -0.05) is 0 Å². The van der Waals surface area contributed by atoms with Gasteiger partial charge in [0.15, 0.2) is 0 Å². The summed E-state index contributed by atoms with van der Waals surface area (Å²) in [4.78, 5) is 3.82. The molecule has 0 fully saturated rings. The lowest BCUT2D eigenvalue weighted by Gasteiger charge is -2.15. The first kappa shape index (κ1) is 12.8. The maximum Gasteiger partial charge on any atom is 0.282 e. The molecule has 0 unspecified atom stereocenters. The molecule has 0 saturated carbocycles. The highest BCUT2D eigenvalue weighted by molar-refractivity contribution is 8.13. The van der Waals surface area contributed by atoms with Crippen molar-refractivity contribution in [2.24, 2.45) is 0 Å². The number of alkyl halides is 2. The number of imidazole rings is 1. The Kier molecular flexibility index (Phi) is 3.40. The highest BCUT2D eigenvalue weighted by atomic mass is 35.7. The van der Waals surface area contributed by atoms with Crippen molar-refractivity contribution in [1.29, 1.82) is 0 Å². The molecule has 17 heavy (non-hydrogen) atoms. The molecule has 1 aromatic heterocycles. The molecular weight excluding hydrogens is 274 g/mol. The molecule has 1 aliphatic heterocycles. The minimum atomic E-state index is -3.86. The predicted molar refractivity (Wildman–Crippen MR) is 58.6 cm³/mol. The molecule has 0 radical (unpaired) electrons. The zero-order valence-corrected chi connectivity index (χ0v) is 10.4. The van der Waals surface area contributed by atoms with Crippen molar-refractivity contribution in [3.05, 3.63) is 17.2 Å². The van der Waals surface area contributed by atoms with Crippen LogP contribution in [0.1, 0.15) is 36.5 Å². The Balaban J connectivity index is 2.49. The number of fused-ring (bicyclic) bond motifs is 1. The van der Waals surface area contributed by atoms with Gasteiger partial charge in [-0.05, 0) is 12.8 Å². The number of aryl methyl sites for hydroxylation is 1. The molecule has 8 heteroatoms. The van der Waals surface area contributed by atoms with Crippen molar-refractivity contribution in [2.75, 3.05) is 0 Å². The third-order valence-electron chi connectivity index (χ3n) is 2.73. The molecule has 0 aromatic carbocycles. The minimum absolute atomic E-state index is 0.0321. The highest BCUT2D eigenvalue weighted by Gasteiger charge is 2.27. The van der Waals surface area contributed by atoms with Crippen molar-refractivity contribution >= 4 is 19.7 Å². The van der Waals surface area contributed by atoms with Gasteiger partial charge < -0.3 is 4.57 Å². The van der Waals surface area contributed by atoms with Crippen molar-refractivity contribution in [3.8, 4) is 0 Å². The van der Waals surface area contributed by atoms with Gasteiger partial charge >= 0.3 is 0 Å². The topological polar surface area (TPSA) is 52.0 Å². The number of hydrogen-bond acceptors (Lipinski definition) is 3. The normalized spacial score (nSPS) is 16.2. The van der Waals surface area contributed by atoms with E-state index >= 15 is 0 Å². The van der Waals surface area contributed by atoms with Crippen LogP contribution in [0.3, 0.4) is 0 Å². The number of rotatable bonds is 3. The van der Waals surface area contributed by atoms with Crippen molar-refractivity contribution in [3.63, 3.8) is 0 Å². The number of halogens is 3. The van der Waals surface area contributed by atoms with E-state index in [1.54, 1.807) is 4.57 Å². The van der Waals surface area contributed by atoms with Crippen LogP contribution in [0.25, 0.3) is 0 Å². The van der Waals surface area contributed by atoms with Crippen LogP contribution in [0.15, 0.2) is 0 Å². The number of hydrogen-bond donors (Lipinski definition) is 0. The Hall–Kier alpha value is -0.690. The first-order valence-corrected chi connectivity index (χ1v) is 7.65. The Morgan fingerprint density at radius 2 is 2.12 bits per heavy atom.